The van der Waals surface area contributed by atoms with Crippen LogP contribution in [-0.4, -0.2) is 15.6 Å². The van der Waals surface area contributed by atoms with Crippen LogP contribution in [0.3, 0.4) is 0 Å². The molecule has 0 radical (unpaired) electrons. The van der Waals surface area contributed by atoms with E-state index >= 15 is 0 Å². The van der Waals surface area contributed by atoms with Gasteiger partial charge in [0.15, 0.2) is 0 Å². The Labute approximate surface area is 120 Å². The van der Waals surface area contributed by atoms with Crippen molar-refractivity contribution in [2.24, 2.45) is 0 Å². The first-order valence-electron chi connectivity index (χ1n) is 6.71. The summed E-state index contributed by atoms with van der Waals surface area (Å²) in [5.74, 6) is 0. The minimum Gasteiger partial charge on any atom is -0.444 e. The predicted molar refractivity (Wildman–Crippen MR) is 80.5 cm³/mol. The predicted octanol–water partition coefficient (Wildman–Crippen LogP) is 3.81. The number of fused-ring (bicyclic) bond motifs is 2. The second kappa shape index (κ2) is 4.59. The lowest BCUT2D eigenvalue weighted by Gasteiger charge is -2.13. The first-order valence-corrected chi connectivity index (χ1v) is 6.71. The van der Waals surface area contributed by atoms with Crippen LogP contribution in [0.1, 0.15) is 5.56 Å². The van der Waals surface area contributed by atoms with Crippen molar-refractivity contribution in [3.63, 3.8) is 0 Å². The Kier molecular flexibility index (Phi) is 2.60. The molecule has 0 saturated carbocycles. The second-order valence-electron chi connectivity index (χ2n) is 4.95. The number of carbonyl (C=O) groups is 1. The summed E-state index contributed by atoms with van der Waals surface area (Å²) in [4.78, 5) is 16.4. The molecule has 0 atom stereocenters. The normalized spacial score (nSPS) is 11.2. The molecule has 4 nitrogen and oxygen atoms in total. The molecule has 0 unspecified atom stereocenters. The Morgan fingerprint density at radius 3 is 2.71 bits per heavy atom. The van der Waals surface area contributed by atoms with Crippen LogP contribution in [0.25, 0.3) is 21.7 Å². The average molecular weight is 276 g/mol. The minimum atomic E-state index is -0.373. The molecule has 5 aromatic rings. The van der Waals surface area contributed by atoms with Crippen LogP contribution in [0.5, 0.6) is 0 Å². The molecule has 4 heteroatoms. The van der Waals surface area contributed by atoms with Gasteiger partial charge in [0.25, 0.3) is 0 Å². The molecule has 0 aliphatic rings. The summed E-state index contributed by atoms with van der Waals surface area (Å²) in [6.07, 6.45) is 5.02. The largest absolute Gasteiger partial charge is 0.444 e. The standard InChI is InChI=1S/C17H12N2O2/c20-17(21-11-12-4-2-1-3-5-12)19-10-13-6-7-16(19)15-9-18-8-14(13)15/h1-10H,11H2. The molecule has 0 saturated heterocycles. The number of aromatic nitrogens is 2. The third-order valence-electron chi connectivity index (χ3n) is 3.63. The molecule has 2 aromatic carbocycles. The molecule has 0 amide bonds. The minimum absolute atomic E-state index is 0.266. The molecule has 3 aromatic heterocycles. The quantitative estimate of drug-likeness (QED) is 0.559. The van der Waals surface area contributed by atoms with Gasteiger partial charge in [-0.2, -0.15) is 0 Å². The van der Waals surface area contributed by atoms with Crippen LogP contribution in [-0.2, 0) is 11.3 Å². The fourth-order valence-electron chi connectivity index (χ4n) is 2.58. The highest BCUT2D eigenvalue weighted by atomic mass is 16.5. The molecule has 21 heavy (non-hydrogen) atoms. The van der Waals surface area contributed by atoms with Gasteiger partial charge in [0.05, 0.1) is 5.52 Å². The van der Waals surface area contributed by atoms with Crippen LogP contribution >= 0.6 is 0 Å². The van der Waals surface area contributed by atoms with Crippen LogP contribution in [0.2, 0.25) is 0 Å². The monoisotopic (exact) mass is 276 g/mol. The summed E-state index contributed by atoms with van der Waals surface area (Å²) in [5, 5.41) is 3.03. The Bertz CT molecular complexity index is 912. The van der Waals surface area contributed by atoms with Gasteiger partial charge in [-0.15, -0.1) is 0 Å². The number of rotatable bonds is 2. The number of carbonyl (C=O) groups excluding carboxylic acids is 1. The van der Waals surface area contributed by atoms with Crippen molar-refractivity contribution < 1.29 is 9.53 Å². The van der Waals surface area contributed by atoms with Gasteiger partial charge < -0.3 is 4.74 Å². The Morgan fingerprint density at radius 1 is 1.05 bits per heavy atom. The lowest BCUT2D eigenvalue weighted by Crippen LogP contribution is -2.15. The fourth-order valence-corrected chi connectivity index (χ4v) is 2.58. The molecule has 0 N–H and O–H groups in total. The third kappa shape index (κ3) is 1.92. The summed E-state index contributed by atoms with van der Waals surface area (Å²) >= 11 is 0. The van der Waals surface area contributed by atoms with E-state index in [0.29, 0.717) is 0 Å². The van der Waals surface area contributed by atoms with Gasteiger partial charge in [-0.3, -0.25) is 9.55 Å². The van der Waals surface area contributed by atoms with Crippen molar-refractivity contribution in [1.29, 1.82) is 0 Å². The lowest BCUT2D eigenvalue weighted by molar-refractivity contribution is 0.142. The molecule has 0 aliphatic heterocycles. The Hall–Kier alpha value is -2.88. The average Bonchev–Trinajstić information content (AvgIpc) is 3.05. The summed E-state index contributed by atoms with van der Waals surface area (Å²) < 4.78 is 6.92. The molecule has 5 rings (SSSR count). The first kappa shape index (κ1) is 11.9. The van der Waals surface area contributed by atoms with Gasteiger partial charge in [-0.1, -0.05) is 36.4 Å². The highest BCUT2D eigenvalue weighted by Gasteiger charge is 2.14. The second-order valence-corrected chi connectivity index (χ2v) is 4.95. The third-order valence-corrected chi connectivity index (χ3v) is 3.63. The number of benzene rings is 2. The van der Waals surface area contributed by atoms with Gasteiger partial charge in [-0.05, 0) is 11.6 Å². The van der Waals surface area contributed by atoms with E-state index in [-0.39, 0.29) is 12.7 Å². The fraction of sp³-hybridized carbons (Fsp3) is 0.0588. The van der Waals surface area contributed by atoms with E-state index < -0.39 is 0 Å². The van der Waals surface area contributed by atoms with Crippen molar-refractivity contribution >= 4 is 27.8 Å². The van der Waals surface area contributed by atoms with Crippen molar-refractivity contribution in [2.45, 2.75) is 6.61 Å². The maximum absolute atomic E-state index is 12.3. The number of nitrogens with zero attached hydrogens (tertiary/aromatic N) is 2. The topological polar surface area (TPSA) is 44.1 Å². The van der Waals surface area contributed by atoms with E-state index in [1.54, 1.807) is 17.0 Å². The Morgan fingerprint density at radius 2 is 1.86 bits per heavy atom. The number of hydrogen-bond donors (Lipinski definition) is 0. The summed E-state index contributed by atoms with van der Waals surface area (Å²) in [5.41, 5.74) is 1.78. The summed E-state index contributed by atoms with van der Waals surface area (Å²) in [6.45, 7) is 0.266. The van der Waals surface area contributed by atoms with Crippen molar-refractivity contribution in [1.82, 2.24) is 9.55 Å². The molecule has 102 valence electrons. The first-order chi connectivity index (χ1) is 10.3. The number of hydrogen-bond acceptors (Lipinski definition) is 3. The lowest BCUT2D eigenvalue weighted by atomic mass is 10.1. The number of ether oxygens (including phenoxy) is 1. The van der Waals surface area contributed by atoms with E-state index in [4.69, 9.17) is 4.74 Å². The van der Waals surface area contributed by atoms with Crippen LogP contribution in [0, 0.1) is 0 Å². The maximum Gasteiger partial charge on any atom is 0.418 e. The van der Waals surface area contributed by atoms with E-state index in [1.807, 2.05) is 48.7 Å². The van der Waals surface area contributed by atoms with Crippen LogP contribution in [0.4, 0.5) is 4.79 Å². The molecular weight excluding hydrogens is 264 g/mol. The maximum atomic E-state index is 12.3. The summed E-state index contributed by atoms with van der Waals surface area (Å²) in [6, 6.07) is 13.6. The van der Waals surface area contributed by atoms with Gasteiger partial charge in [-0.25, -0.2) is 4.79 Å². The Balaban J connectivity index is 1.65. The van der Waals surface area contributed by atoms with Crippen molar-refractivity contribution in [3.05, 3.63) is 66.6 Å². The van der Waals surface area contributed by atoms with Crippen molar-refractivity contribution in [3.8, 4) is 0 Å². The zero-order valence-electron chi connectivity index (χ0n) is 11.2. The highest BCUT2D eigenvalue weighted by molar-refractivity contribution is 6.09. The van der Waals surface area contributed by atoms with E-state index in [2.05, 4.69) is 4.98 Å². The van der Waals surface area contributed by atoms with Crippen molar-refractivity contribution in [2.75, 3.05) is 0 Å². The smallest absolute Gasteiger partial charge is 0.418 e. The molecule has 3 heterocycles. The zero-order valence-corrected chi connectivity index (χ0v) is 11.2. The van der Waals surface area contributed by atoms with E-state index in [0.717, 1.165) is 27.2 Å². The molecular formula is C17H12N2O2. The molecule has 0 aliphatic carbocycles. The highest BCUT2D eigenvalue weighted by Crippen LogP contribution is 2.27. The molecule has 2 bridgehead atoms. The van der Waals surface area contributed by atoms with Crippen LogP contribution < -0.4 is 0 Å². The van der Waals surface area contributed by atoms with Gasteiger partial charge in [0.2, 0.25) is 0 Å². The molecule has 0 fully saturated rings. The van der Waals surface area contributed by atoms with Gasteiger partial charge in [0, 0.05) is 34.7 Å². The zero-order chi connectivity index (χ0) is 14.2. The van der Waals surface area contributed by atoms with Crippen LogP contribution in [0.15, 0.2) is 61.1 Å². The van der Waals surface area contributed by atoms with Gasteiger partial charge in [0.1, 0.15) is 6.61 Å². The number of pyridine rings is 2. The SMILES string of the molecule is O=C(OCc1ccccc1)n1cc2ccc1c1cncc21. The molecule has 0 spiro atoms. The van der Waals surface area contributed by atoms with E-state index in [1.165, 1.54) is 0 Å². The summed E-state index contributed by atoms with van der Waals surface area (Å²) in [7, 11) is 0. The van der Waals surface area contributed by atoms with Gasteiger partial charge >= 0.3 is 6.09 Å². The van der Waals surface area contributed by atoms with E-state index in [9.17, 15) is 4.79 Å².